The van der Waals surface area contributed by atoms with Crippen molar-refractivity contribution in [1.82, 2.24) is 4.90 Å². The van der Waals surface area contributed by atoms with Crippen molar-refractivity contribution in [2.24, 2.45) is 0 Å². The van der Waals surface area contributed by atoms with Crippen molar-refractivity contribution in [3.63, 3.8) is 0 Å². The van der Waals surface area contributed by atoms with Crippen LogP contribution >= 0.6 is 0 Å². The first-order valence-electron chi connectivity index (χ1n) is 10.8. The van der Waals surface area contributed by atoms with E-state index in [0.29, 0.717) is 35.8 Å². The van der Waals surface area contributed by atoms with Crippen molar-refractivity contribution in [2.75, 3.05) is 26.9 Å². The molecule has 0 aromatic heterocycles. The van der Waals surface area contributed by atoms with Crippen LogP contribution in [0.25, 0.3) is 5.76 Å². The highest BCUT2D eigenvalue weighted by Gasteiger charge is 2.47. The Morgan fingerprint density at radius 3 is 2.59 bits per heavy atom. The number of benzene rings is 2. The second-order valence-electron chi connectivity index (χ2n) is 7.82. The fourth-order valence-electron chi connectivity index (χ4n) is 4.27. The van der Waals surface area contributed by atoms with Crippen molar-refractivity contribution in [2.45, 2.75) is 31.9 Å². The summed E-state index contributed by atoms with van der Waals surface area (Å²) in [6.07, 6.45) is 1.62. The maximum Gasteiger partial charge on any atom is 0.295 e. The molecule has 2 aliphatic rings. The van der Waals surface area contributed by atoms with Crippen LogP contribution in [0.15, 0.2) is 54.1 Å². The molecule has 7 nitrogen and oxygen atoms in total. The van der Waals surface area contributed by atoms with Gasteiger partial charge in [-0.3, -0.25) is 9.59 Å². The lowest BCUT2D eigenvalue weighted by molar-refractivity contribution is -0.140. The highest BCUT2D eigenvalue weighted by Crippen LogP contribution is 2.41. The number of Topliss-reactive ketones (excluding diaryl/α,β-unsaturated/α-hetero) is 1. The maximum atomic E-state index is 13.1. The van der Waals surface area contributed by atoms with Crippen LogP contribution in [0.1, 0.15) is 36.9 Å². The molecule has 0 radical (unpaired) electrons. The number of methoxy groups -OCH3 is 1. The molecule has 32 heavy (non-hydrogen) atoms. The Bertz CT molecular complexity index is 1020. The summed E-state index contributed by atoms with van der Waals surface area (Å²) in [4.78, 5) is 27.7. The van der Waals surface area contributed by atoms with Crippen LogP contribution in [0.5, 0.6) is 11.5 Å². The molecule has 0 bridgehead atoms. The Morgan fingerprint density at radius 1 is 1.16 bits per heavy atom. The summed E-state index contributed by atoms with van der Waals surface area (Å²) in [6, 6.07) is 13.3. The third kappa shape index (κ3) is 4.21. The summed E-state index contributed by atoms with van der Waals surface area (Å²) < 4.78 is 16.5. The van der Waals surface area contributed by atoms with Gasteiger partial charge in [-0.1, -0.05) is 12.1 Å². The van der Waals surface area contributed by atoms with Gasteiger partial charge in [0.15, 0.2) is 0 Å². The average molecular weight is 437 g/mol. The van der Waals surface area contributed by atoms with E-state index in [0.717, 1.165) is 12.8 Å². The third-order valence-electron chi connectivity index (χ3n) is 5.81. The van der Waals surface area contributed by atoms with E-state index in [1.54, 1.807) is 31.4 Å². The molecule has 2 aromatic rings. The lowest BCUT2D eigenvalue weighted by Crippen LogP contribution is -2.36. The van der Waals surface area contributed by atoms with Gasteiger partial charge in [0.2, 0.25) is 0 Å². The number of ketones is 1. The monoisotopic (exact) mass is 437 g/mol. The zero-order valence-electron chi connectivity index (χ0n) is 18.2. The molecule has 1 amide bonds. The van der Waals surface area contributed by atoms with E-state index in [-0.39, 0.29) is 24.0 Å². The van der Waals surface area contributed by atoms with Gasteiger partial charge in [0.25, 0.3) is 11.7 Å². The molecule has 4 rings (SSSR count). The Hall–Kier alpha value is -3.32. The molecule has 0 saturated carbocycles. The highest BCUT2D eigenvalue weighted by atomic mass is 16.5. The van der Waals surface area contributed by atoms with Crippen LogP contribution in [0.3, 0.4) is 0 Å². The van der Waals surface area contributed by atoms with E-state index in [4.69, 9.17) is 14.2 Å². The summed E-state index contributed by atoms with van der Waals surface area (Å²) >= 11 is 0. The van der Waals surface area contributed by atoms with Crippen molar-refractivity contribution >= 4 is 17.4 Å². The van der Waals surface area contributed by atoms with Gasteiger partial charge >= 0.3 is 0 Å². The zero-order valence-corrected chi connectivity index (χ0v) is 18.2. The number of rotatable bonds is 7. The standard InChI is InChI=1S/C25H27NO6/c1-3-31-19-7-4-6-17(14-19)22-21(23(27)16-9-11-18(30-2)12-10-16)24(28)25(29)26(22)15-20-8-5-13-32-20/h4,6-7,9-12,14,20,22,27H,3,5,8,13,15H2,1-2H3/b23-21-. The fourth-order valence-corrected chi connectivity index (χ4v) is 4.27. The van der Waals surface area contributed by atoms with E-state index >= 15 is 0 Å². The SMILES string of the molecule is CCOc1cccc(C2/C(=C(/O)c3ccc(OC)cc3)C(=O)C(=O)N2CC2CCCO2)c1. The molecule has 168 valence electrons. The number of nitrogens with zero attached hydrogens (tertiary/aromatic N) is 1. The Balaban J connectivity index is 1.80. The molecular formula is C25H27NO6. The van der Waals surface area contributed by atoms with Gasteiger partial charge in [0, 0.05) is 18.7 Å². The summed E-state index contributed by atoms with van der Waals surface area (Å²) in [5, 5.41) is 11.1. The van der Waals surface area contributed by atoms with Crippen LogP contribution in [0.4, 0.5) is 0 Å². The van der Waals surface area contributed by atoms with Crippen molar-refractivity contribution in [1.29, 1.82) is 0 Å². The van der Waals surface area contributed by atoms with Crippen LogP contribution < -0.4 is 9.47 Å². The molecule has 2 heterocycles. The molecule has 7 heteroatoms. The molecule has 1 N–H and O–H groups in total. The molecule has 2 atom stereocenters. The van der Waals surface area contributed by atoms with Crippen molar-refractivity contribution in [3.05, 3.63) is 65.2 Å². The van der Waals surface area contributed by atoms with E-state index in [9.17, 15) is 14.7 Å². The number of aliphatic hydroxyl groups is 1. The topological polar surface area (TPSA) is 85.3 Å². The number of carbonyl (C=O) groups is 2. The molecule has 0 spiro atoms. The highest BCUT2D eigenvalue weighted by molar-refractivity contribution is 6.46. The molecule has 2 saturated heterocycles. The summed E-state index contributed by atoms with van der Waals surface area (Å²) in [5.41, 5.74) is 1.20. The van der Waals surface area contributed by atoms with Gasteiger partial charge in [-0.05, 0) is 61.7 Å². The lowest BCUT2D eigenvalue weighted by Gasteiger charge is -2.27. The van der Waals surface area contributed by atoms with E-state index in [1.807, 2.05) is 31.2 Å². The van der Waals surface area contributed by atoms with E-state index in [2.05, 4.69) is 0 Å². The number of amides is 1. The van der Waals surface area contributed by atoms with Crippen LogP contribution in [0, 0.1) is 0 Å². The molecule has 2 aliphatic heterocycles. The molecule has 0 aliphatic carbocycles. The Kier molecular flexibility index (Phi) is 6.46. The van der Waals surface area contributed by atoms with Gasteiger partial charge in [0.05, 0.1) is 31.4 Å². The minimum Gasteiger partial charge on any atom is -0.507 e. The second-order valence-corrected chi connectivity index (χ2v) is 7.82. The van der Waals surface area contributed by atoms with Crippen LogP contribution in [0.2, 0.25) is 0 Å². The van der Waals surface area contributed by atoms with Gasteiger partial charge in [-0.2, -0.15) is 0 Å². The van der Waals surface area contributed by atoms with Crippen molar-refractivity contribution in [3.8, 4) is 11.5 Å². The second kappa shape index (κ2) is 9.44. The van der Waals surface area contributed by atoms with Gasteiger partial charge in [-0.25, -0.2) is 0 Å². The Labute approximate surface area is 187 Å². The Morgan fingerprint density at radius 2 is 1.94 bits per heavy atom. The first-order chi connectivity index (χ1) is 15.5. The fraction of sp³-hybridized carbons (Fsp3) is 0.360. The van der Waals surface area contributed by atoms with Gasteiger partial charge in [-0.15, -0.1) is 0 Å². The predicted molar refractivity (Wildman–Crippen MR) is 119 cm³/mol. The normalized spacial score (nSPS) is 22.4. The predicted octanol–water partition coefficient (Wildman–Crippen LogP) is 3.69. The number of carbonyl (C=O) groups excluding carboxylic acids is 2. The summed E-state index contributed by atoms with van der Waals surface area (Å²) in [7, 11) is 1.55. The number of aliphatic hydroxyl groups excluding tert-OH is 1. The average Bonchev–Trinajstić information content (AvgIpc) is 3.41. The molecule has 2 aromatic carbocycles. The number of hydrogen-bond donors (Lipinski definition) is 1. The largest absolute Gasteiger partial charge is 0.507 e. The van der Waals surface area contributed by atoms with Crippen LogP contribution in [-0.4, -0.2) is 54.7 Å². The minimum atomic E-state index is -0.735. The maximum absolute atomic E-state index is 13.1. The smallest absolute Gasteiger partial charge is 0.295 e. The third-order valence-corrected chi connectivity index (χ3v) is 5.81. The quantitative estimate of drug-likeness (QED) is 0.404. The number of hydrogen-bond acceptors (Lipinski definition) is 6. The zero-order chi connectivity index (χ0) is 22.7. The first kappa shape index (κ1) is 21.9. The van der Waals surface area contributed by atoms with E-state index < -0.39 is 17.7 Å². The van der Waals surface area contributed by atoms with Crippen LogP contribution in [-0.2, 0) is 14.3 Å². The molecule has 2 unspecified atom stereocenters. The molecular weight excluding hydrogens is 410 g/mol. The van der Waals surface area contributed by atoms with Gasteiger partial charge < -0.3 is 24.2 Å². The summed E-state index contributed by atoms with van der Waals surface area (Å²) in [6.45, 7) is 3.31. The minimum absolute atomic E-state index is 0.0619. The van der Waals surface area contributed by atoms with E-state index in [1.165, 1.54) is 4.90 Å². The first-order valence-corrected chi connectivity index (χ1v) is 10.8. The number of likely N-dealkylation sites (tertiary alicyclic amines) is 1. The lowest BCUT2D eigenvalue weighted by atomic mass is 9.95. The number of ether oxygens (including phenoxy) is 3. The van der Waals surface area contributed by atoms with Gasteiger partial charge in [0.1, 0.15) is 17.3 Å². The molecule has 2 fully saturated rings. The van der Waals surface area contributed by atoms with Crippen molar-refractivity contribution < 1.29 is 28.9 Å². The summed E-state index contributed by atoms with van der Waals surface area (Å²) in [5.74, 6) is -0.295.